The lowest BCUT2D eigenvalue weighted by molar-refractivity contribution is 0.201. The summed E-state index contributed by atoms with van der Waals surface area (Å²) >= 11 is 0. The molecule has 0 saturated carbocycles. The molecule has 1 atom stereocenters. The fourth-order valence-corrected chi connectivity index (χ4v) is 1.12. The van der Waals surface area contributed by atoms with Gasteiger partial charge in [0, 0.05) is 20.6 Å². The van der Waals surface area contributed by atoms with Gasteiger partial charge in [0.1, 0.15) is 5.82 Å². The van der Waals surface area contributed by atoms with Gasteiger partial charge in [-0.25, -0.2) is 4.68 Å². The van der Waals surface area contributed by atoms with Crippen LogP contribution in [0.2, 0.25) is 0 Å². The highest BCUT2D eigenvalue weighted by molar-refractivity contribution is 5.34. The minimum absolute atomic E-state index is 0.343. The molecule has 0 radical (unpaired) electrons. The summed E-state index contributed by atoms with van der Waals surface area (Å²) in [7, 11) is 3.71. The Labute approximate surface area is 71.6 Å². The molecule has 1 N–H and O–H groups in total. The molecule has 0 aliphatic carbocycles. The highest BCUT2D eigenvalue weighted by Crippen LogP contribution is 2.07. The van der Waals surface area contributed by atoms with Crippen LogP contribution in [0.4, 0.5) is 5.82 Å². The van der Waals surface area contributed by atoms with Gasteiger partial charge in [-0.1, -0.05) is 5.21 Å². The van der Waals surface area contributed by atoms with Gasteiger partial charge in [0.2, 0.25) is 0 Å². The van der Waals surface area contributed by atoms with Crippen molar-refractivity contribution < 1.29 is 5.11 Å². The van der Waals surface area contributed by atoms with Crippen LogP contribution in [0.5, 0.6) is 0 Å². The Balaban J connectivity index is 2.65. The molecule has 0 aromatic carbocycles. The standard InChI is InChI=1S/C7H14N4O/c1-6(12)5-10(2)7-4-8-9-11(7)3/h4,6,12H,5H2,1-3H3. The second kappa shape index (κ2) is 3.53. The van der Waals surface area contributed by atoms with E-state index in [-0.39, 0.29) is 6.10 Å². The highest BCUT2D eigenvalue weighted by atomic mass is 16.3. The number of aliphatic hydroxyl groups excluding tert-OH is 1. The first kappa shape index (κ1) is 8.99. The van der Waals surface area contributed by atoms with Crippen molar-refractivity contribution in [3.8, 4) is 0 Å². The Morgan fingerprint density at radius 1 is 1.75 bits per heavy atom. The zero-order chi connectivity index (χ0) is 9.14. The number of aromatic nitrogens is 3. The van der Waals surface area contributed by atoms with Crippen molar-refractivity contribution in [2.75, 3.05) is 18.5 Å². The summed E-state index contributed by atoms with van der Waals surface area (Å²) in [6.45, 7) is 2.33. The average molecular weight is 170 g/mol. The van der Waals surface area contributed by atoms with Gasteiger partial charge in [-0.2, -0.15) is 0 Å². The third-order valence-corrected chi connectivity index (χ3v) is 1.62. The molecule has 0 fully saturated rings. The van der Waals surface area contributed by atoms with E-state index in [2.05, 4.69) is 10.3 Å². The summed E-state index contributed by atoms with van der Waals surface area (Å²) in [5, 5.41) is 16.6. The van der Waals surface area contributed by atoms with Crippen LogP contribution in [-0.4, -0.2) is 39.8 Å². The maximum absolute atomic E-state index is 9.12. The van der Waals surface area contributed by atoms with Crippen LogP contribution >= 0.6 is 0 Å². The smallest absolute Gasteiger partial charge is 0.146 e. The van der Waals surface area contributed by atoms with Gasteiger partial charge in [0.25, 0.3) is 0 Å². The van der Waals surface area contributed by atoms with Crippen LogP contribution in [0.1, 0.15) is 6.92 Å². The van der Waals surface area contributed by atoms with Crippen molar-refractivity contribution in [1.82, 2.24) is 15.0 Å². The van der Waals surface area contributed by atoms with Crippen LogP contribution in [-0.2, 0) is 7.05 Å². The Hall–Kier alpha value is -1.10. The zero-order valence-electron chi connectivity index (χ0n) is 7.60. The van der Waals surface area contributed by atoms with Crippen molar-refractivity contribution in [1.29, 1.82) is 0 Å². The number of nitrogens with zero attached hydrogens (tertiary/aromatic N) is 4. The lowest BCUT2D eigenvalue weighted by Gasteiger charge is -2.19. The molecule has 5 heteroatoms. The highest BCUT2D eigenvalue weighted by Gasteiger charge is 2.07. The summed E-state index contributed by atoms with van der Waals surface area (Å²) in [6.07, 6.45) is 1.33. The molecule has 68 valence electrons. The zero-order valence-corrected chi connectivity index (χ0v) is 7.60. The normalized spacial score (nSPS) is 13.0. The van der Waals surface area contributed by atoms with Crippen molar-refractivity contribution in [3.63, 3.8) is 0 Å². The summed E-state index contributed by atoms with van der Waals surface area (Å²) in [4.78, 5) is 1.91. The van der Waals surface area contributed by atoms with Crippen molar-refractivity contribution >= 4 is 5.82 Å². The van der Waals surface area contributed by atoms with E-state index in [0.717, 1.165) is 5.82 Å². The molecule has 1 aromatic heterocycles. The van der Waals surface area contributed by atoms with Crippen molar-refractivity contribution in [2.24, 2.45) is 7.05 Å². The summed E-state index contributed by atoms with van der Waals surface area (Å²) in [5.41, 5.74) is 0. The second-order valence-electron chi connectivity index (χ2n) is 2.95. The van der Waals surface area contributed by atoms with Crippen molar-refractivity contribution in [2.45, 2.75) is 13.0 Å². The fourth-order valence-electron chi connectivity index (χ4n) is 1.12. The summed E-state index contributed by atoms with van der Waals surface area (Å²) in [6, 6.07) is 0. The molecular weight excluding hydrogens is 156 g/mol. The van der Waals surface area contributed by atoms with Gasteiger partial charge in [0.15, 0.2) is 0 Å². The fraction of sp³-hybridized carbons (Fsp3) is 0.714. The van der Waals surface area contributed by atoms with Crippen LogP contribution < -0.4 is 4.90 Å². The predicted octanol–water partition coefficient (Wildman–Crippen LogP) is -0.368. The number of aliphatic hydroxyl groups is 1. The topological polar surface area (TPSA) is 54.2 Å². The first-order chi connectivity index (χ1) is 5.61. The molecule has 1 rings (SSSR count). The van der Waals surface area contributed by atoms with E-state index >= 15 is 0 Å². The lowest BCUT2D eigenvalue weighted by atomic mass is 10.4. The maximum atomic E-state index is 9.12. The van der Waals surface area contributed by atoms with Crippen LogP contribution in [0.25, 0.3) is 0 Å². The number of hydrogen-bond donors (Lipinski definition) is 1. The van der Waals surface area contributed by atoms with E-state index in [1.54, 1.807) is 17.8 Å². The lowest BCUT2D eigenvalue weighted by Crippen LogP contribution is -2.28. The van der Waals surface area contributed by atoms with Gasteiger partial charge < -0.3 is 10.0 Å². The summed E-state index contributed by atoms with van der Waals surface area (Å²) in [5.74, 6) is 0.899. The van der Waals surface area contributed by atoms with E-state index in [0.29, 0.717) is 6.54 Å². The SMILES string of the molecule is CC(O)CN(C)c1cnnn1C. The maximum Gasteiger partial charge on any atom is 0.146 e. The molecule has 1 heterocycles. The first-order valence-electron chi connectivity index (χ1n) is 3.85. The molecule has 0 amide bonds. The largest absolute Gasteiger partial charge is 0.392 e. The first-order valence-corrected chi connectivity index (χ1v) is 3.85. The number of aryl methyl sites for hydroxylation is 1. The van der Waals surface area contributed by atoms with E-state index < -0.39 is 0 Å². The van der Waals surface area contributed by atoms with Gasteiger partial charge in [-0.05, 0) is 6.92 Å². The molecule has 0 aliphatic heterocycles. The van der Waals surface area contributed by atoms with Gasteiger partial charge in [0.05, 0.1) is 12.3 Å². The summed E-state index contributed by atoms with van der Waals surface area (Å²) < 4.78 is 1.67. The molecule has 0 aliphatic rings. The van der Waals surface area contributed by atoms with Crippen LogP contribution in [0.3, 0.4) is 0 Å². The molecule has 12 heavy (non-hydrogen) atoms. The Bertz CT molecular complexity index is 245. The molecule has 0 saturated heterocycles. The predicted molar refractivity (Wildman–Crippen MR) is 46.0 cm³/mol. The second-order valence-corrected chi connectivity index (χ2v) is 2.95. The van der Waals surface area contributed by atoms with Gasteiger partial charge >= 0.3 is 0 Å². The number of likely N-dealkylation sites (N-methyl/N-ethyl adjacent to an activating group) is 1. The number of rotatable bonds is 3. The number of anilines is 1. The van der Waals surface area contributed by atoms with E-state index in [4.69, 9.17) is 5.11 Å². The van der Waals surface area contributed by atoms with E-state index in [1.165, 1.54) is 0 Å². The number of hydrogen-bond acceptors (Lipinski definition) is 4. The van der Waals surface area contributed by atoms with Gasteiger partial charge in [-0.3, -0.25) is 0 Å². The van der Waals surface area contributed by atoms with Crippen molar-refractivity contribution in [3.05, 3.63) is 6.20 Å². The molecule has 0 bridgehead atoms. The van der Waals surface area contributed by atoms with E-state index in [1.807, 2.05) is 19.0 Å². The van der Waals surface area contributed by atoms with Crippen LogP contribution in [0.15, 0.2) is 6.20 Å². The third-order valence-electron chi connectivity index (χ3n) is 1.62. The Kier molecular flexibility index (Phi) is 2.65. The monoisotopic (exact) mass is 170 g/mol. The van der Waals surface area contributed by atoms with Crippen LogP contribution in [0, 0.1) is 0 Å². The third kappa shape index (κ3) is 1.94. The minimum Gasteiger partial charge on any atom is -0.392 e. The Morgan fingerprint density at radius 3 is 2.83 bits per heavy atom. The molecule has 1 unspecified atom stereocenters. The molecule has 1 aromatic rings. The average Bonchev–Trinajstić information content (AvgIpc) is 2.33. The van der Waals surface area contributed by atoms with Gasteiger partial charge in [-0.15, -0.1) is 5.10 Å². The molecular formula is C7H14N4O. The minimum atomic E-state index is -0.343. The molecule has 0 spiro atoms. The Morgan fingerprint density at radius 2 is 2.42 bits per heavy atom. The molecule has 5 nitrogen and oxygen atoms in total. The van der Waals surface area contributed by atoms with E-state index in [9.17, 15) is 0 Å². The quantitative estimate of drug-likeness (QED) is 0.672.